The highest BCUT2D eigenvalue weighted by Crippen LogP contribution is 2.42. The van der Waals surface area contributed by atoms with E-state index in [4.69, 9.17) is 23.4 Å². The van der Waals surface area contributed by atoms with Crippen LogP contribution in [-0.2, 0) is 16.1 Å². The summed E-state index contributed by atoms with van der Waals surface area (Å²) in [6, 6.07) is 17.7. The van der Waals surface area contributed by atoms with Gasteiger partial charge in [-0.05, 0) is 30.7 Å². The second-order valence-electron chi connectivity index (χ2n) is 9.75. The Labute approximate surface area is 266 Å². The first-order valence-electron chi connectivity index (χ1n) is 13.9. The summed E-state index contributed by atoms with van der Waals surface area (Å²) < 4.78 is 29.8. The first kappa shape index (κ1) is 31.9. The molecule has 238 valence electrons. The van der Waals surface area contributed by atoms with E-state index < -0.39 is 17.6 Å². The lowest BCUT2D eigenvalue weighted by Crippen LogP contribution is -2.22. The number of hydrogen-bond donors (Lipinski definition) is 2. The van der Waals surface area contributed by atoms with Crippen molar-refractivity contribution in [3.05, 3.63) is 88.6 Å². The van der Waals surface area contributed by atoms with Crippen LogP contribution in [0.2, 0.25) is 0 Å². The minimum absolute atomic E-state index is 0.00899. The number of methoxy groups -OCH3 is 2. The average Bonchev–Trinajstić information content (AvgIpc) is 3.71. The van der Waals surface area contributed by atoms with Gasteiger partial charge in [0.1, 0.15) is 23.9 Å². The lowest BCUT2D eigenvalue weighted by molar-refractivity contribution is -0.114. The number of hydrogen-bond acceptors (Lipinski definition) is 12. The van der Waals surface area contributed by atoms with Crippen LogP contribution in [0, 0.1) is 0 Å². The molecule has 2 aromatic carbocycles. The molecule has 0 radical (unpaired) electrons. The van der Waals surface area contributed by atoms with Gasteiger partial charge in [0.15, 0.2) is 5.76 Å². The van der Waals surface area contributed by atoms with Gasteiger partial charge < -0.3 is 28.7 Å². The van der Waals surface area contributed by atoms with Crippen molar-refractivity contribution in [2.45, 2.75) is 26.6 Å². The van der Waals surface area contributed by atoms with Crippen molar-refractivity contribution in [2.24, 2.45) is 0 Å². The number of carbonyl (C=O) groups excluding carboxylic acids is 2. The summed E-state index contributed by atoms with van der Waals surface area (Å²) in [6.07, 6.45) is 1.08. The van der Waals surface area contributed by atoms with Crippen LogP contribution in [0.15, 0.2) is 76.1 Å². The zero-order chi connectivity index (χ0) is 32.6. The molecule has 0 aliphatic heterocycles. The van der Waals surface area contributed by atoms with E-state index in [0.29, 0.717) is 29.5 Å². The fourth-order valence-electron chi connectivity index (χ4n) is 4.34. The zero-order valence-electron chi connectivity index (χ0n) is 25.3. The number of anilines is 2. The van der Waals surface area contributed by atoms with E-state index in [1.54, 1.807) is 24.3 Å². The Bertz CT molecular complexity index is 1870. The summed E-state index contributed by atoms with van der Waals surface area (Å²) in [5.41, 5.74) is 0.675. The Morgan fingerprint density at radius 1 is 1.00 bits per heavy atom. The van der Waals surface area contributed by atoms with Crippen LogP contribution in [0.5, 0.6) is 17.2 Å². The normalized spacial score (nSPS) is 11.5. The van der Waals surface area contributed by atoms with Crippen LogP contribution in [0.25, 0.3) is 16.3 Å². The van der Waals surface area contributed by atoms with Crippen molar-refractivity contribution in [1.29, 1.82) is 0 Å². The van der Waals surface area contributed by atoms with E-state index in [-0.39, 0.29) is 39.9 Å². The Morgan fingerprint density at radius 3 is 2.43 bits per heavy atom. The summed E-state index contributed by atoms with van der Waals surface area (Å²) >= 11 is 0.986. The van der Waals surface area contributed by atoms with Gasteiger partial charge in [0.25, 0.3) is 5.91 Å². The van der Waals surface area contributed by atoms with Gasteiger partial charge in [-0.2, -0.15) is 9.78 Å². The topological polar surface area (TPSA) is 169 Å². The molecule has 15 heteroatoms. The van der Waals surface area contributed by atoms with Gasteiger partial charge >= 0.3 is 5.63 Å². The molecule has 5 aromatic rings. The van der Waals surface area contributed by atoms with Crippen molar-refractivity contribution in [3.8, 4) is 33.5 Å². The summed E-state index contributed by atoms with van der Waals surface area (Å²) in [6.45, 7) is 3.54. The molecule has 0 unspecified atom stereocenters. The smallest absolute Gasteiger partial charge is 0.379 e. The predicted octanol–water partition coefficient (Wildman–Crippen LogP) is 4.56. The van der Waals surface area contributed by atoms with E-state index in [1.165, 1.54) is 38.1 Å². The van der Waals surface area contributed by atoms with Crippen molar-refractivity contribution < 1.29 is 33.0 Å². The van der Waals surface area contributed by atoms with Crippen molar-refractivity contribution in [2.75, 3.05) is 31.5 Å². The maximum atomic E-state index is 13.4. The number of carbonyl (C=O) groups is 2. The van der Waals surface area contributed by atoms with E-state index in [1.807, 2.05) is 37.3 Å². The molecule has 3 heterocycles. The van der Waals surface area contributed by atoms with Gasteiger partial charge in [0, 0.05) is 18.6 Å². The Hall–Kier alpha value is -5.54. The monoisotopic (exact) mass is 646 g/mol. The third kappa shape index (κ3) is 7.39. The van der Waals surface area contributed by atoms with Crippen LogP contribution < -0.4 is 30.5 Å². The highest BCUT2D eigenvalue weighted by molar-refractivity contribution is 7.17. The van der Waals surface area contributed by atoms with Crippen molar-refractivity contribution in [1.82, 2.24) is 20.0 Å². The van der Waals surface area contributed by atoms with E-state index in [0.717, 1.165) is 16.9 Å². The van der Waals surface area contributed by atoms with Gasteiger partial charge in [0.2, 0.25) is 21.9 Å². The zero-order valence-corrected chi connectivity index (χ0v) is 26.1. The molecular weight excluding hydrogens is 616 g/mol. The fraction of sp³-hybridized carbons (Fsp3) is 0.226. The quantitative estimate of drug-likeness (QED) is 0.184. The number of nitrogens with one attached hydrogen (secondary N) is 2. The van der Waals surface area contributed by atoms with Gasteiger partial charge in [-0.25, -0.2) is 4.79 Å². The molecule has 0 spiro atoms. The number of ether oxygens (including phenoxy) is 4. The van der Waals surface area contributed by atoms with Crippen LogP contribution >= 0.6 is 11.3 Å². The third-order valence-electron chi connectivity index (χ3n) is 6.43. The number of amides is 2. The SMILES string of the molecule is COc1cccc(OC)c1-c1cc(C(=O)Nc2nnc(-n3nccc3NC(C)=O)s2)oc(=O)c1OC[C@H](C)OCc1ccccc1. The molecular formula is C31H30N6O8S. The Morgan fingerprint density at radius 2 is 1.74 bits per heavy atom. The minimum Gasteiger partial charge on any atom is -0.496 e. The Kier molecular flexibility index (Phi) is 10.0. The molecule has 1 atom stereocenters. The molecule has 2 amide bonds. The first-order chi connectivity index (χ1) is 22.3. The van der Waals surface area contributed by atoms with Gasteiger partial charge in [0.05, 0.1) is 38.7 Å². The molecule has 46 heavy (non-hydrogen) atoms. The maximum Gasteiger partial charge on any atom is 0.379 e. The maximum absolute atomic E-state index is 13.4. The van der Waals surface area contributed by atoms with E-state index in [9.17, 15) is 14.4 Å². The molecule has 5 rings (SSSR count). The van der Waals surface area contributed by atoms with Crippen molar-refractivity contribution >= 4 is 34.1 Å². The highest BCUT2D eigenvalue weighted by Gasteiger charge is 2.25. The van der Waals surface area contributed by atoms with Gasteiger partial charge in [-0.15, -0.1) is 10.2 Å². The molecule has 2 N–H and O–H groups in total. The highest BCUT2D eigenvalue weighted by atomic mass is 32.1. The molecule has 0 bridgehead atoms. The first-order valence-corrected chi connectivity index (χ1v) is 14.7. The average molecular weight is 647 g/mol. The summed E-state index contributed by atoms with van der Waals surface area (Å²) in [4.78, 5) is 38.3. The van der Waals surface area contributed by atoms with Gasteiger partial charge in [-0.3, -0.25) is 14.9 Å². The predicted molar refractivity (Wildman–Crippen MR) is 169 cm³/mol. The number of rotatable bonds is 13. The lowest BCUT2D eigenvalue weighted by Gasteiger charge is -2.18. The summed E-state index contributed by atoms with van der Waals surface area (Å²) in [7, 11) is 2.95. The van der Waals surface area contributed by atoms with Crippen LogP contribution in [0.1, 0.15) is 30.0 Å². The molecule has 0 saturated heterocycles. The standard InChI is InChI=1S/C31H30N6O8S/c1-18(43-17-20-9-6-5-7-10-20)16-44-27-21(26-22(41-3)11-8-12-23(26)42-4)15-24(45-29(27)40)28(39)34-30-35-36-31(46-30)37-25(13-14-32-37)33-19(2)38/h5-15,18H,16-17H2,1-4H3,(H,33,38)(H,34,35,39)/t18-/m0/s1. The Balaban J connectivity index is 1.43. The van der Waals surface area contributed by atoms with Crippen LogP contribution in [0.4, 0.5) is 10.9 Å². The molecule has 0 fully saturated rings. The van der Waals surface area contributed by atoms with E-state index >= 15 is 0 Å². The summed E-state index contributed by atoms with van der Waals surface area (Å²) in [5.74, 6) is -0.434. The largest absolute Gasteiger partial charge is 0.496 e. The molecule has 0 saturated carbocycles. The fourth-order valence-corrected chi connectivity index (χ4v) is 5.05. The molecule has 14 nitrogen and oxygen atoms in total. The second kappa shape index (κ2) is 14.5. The van der Waals surface area contributed by atoms with Gasteiger partial charge in [-0.1, -0.05) is 47.7 Å². The van der Waals surface area contributed by atoms with E-state index in [2.05, 4.69) is 25.9 Å². The van der Waals surface area contributed by atoms with Crippen LogP contribution in [0.3, 0.4) is 0 Å². The lowest BCUT2D eigenvalue weighted by atomic mass is 10.0. The second-order valence-corrected chi connectivity index (χ2v) is 10.7. The number of nitrogens with zero attached hydrogens (tertiary/aromatic N) is 4. The van der Waals surface area contributed by atoms with Crippen molar-refractivity contribution in [3.63, 3.8) is 0 Å². The summed E-state index contributed by atoms with van der Waals surface area (Å²) in [5, 5.41) is 17.7. The molecule has 0 aliphatic carbocycles. The van der Waals surface area contributed by atoms with Crippen LogP contribution in [-0.4, -0.2) is 58.7 Å². The number of benzene rings is 2. The number of aromatic nitrogens is 4. The third-order valence-corrected chi connectivity index (χ3v) is 7.25. The molecule has 0 aliphatic rings. The minimum atomic E-state index is -0.902. The molecule has 3 aromatic heterocycles.